The minimum Gasteiger partial charge on any atom is -0.347 e. The molecule has 0 fully saturated rings. The van der Waals surface area contributed by atoms with Crippen molar-refractivity contribution in [2.45, 2.75) is 38.9 Å². The Balaban J connectivity index is 1.68. The van der Waals surface area contributed by atoms with Gasteiger partial charge in [-0.25, -0.2) is 0 Å². The van der Waals surface area contributed by atoms with E-state index in [2.05, 4.69) is 53.7 Å². The summed E-state index contributed by atoms with van der Waals surface area (Å²) in [6, 6.07) is 10.1. The zero-order valence-electron chi connectivity index (χ0n) is 15.8. The second-order valence-electron chi connectivity index (χ2n) is 6.69. The Kier molecular flexibility index (Phi) is 6.28. The highest BCUT2D eigenvalue weighted by atomic mass is 32.2. The number of thioether (sulfide) groups is 1. The van der Waals surface area contributed by atoms with E-state index in [0.717, 1.165) is 11.3 Å². The molecule has 6 nitrogen and oxygen atoms in total. The first-order valence-corrected chi connectivity index (χ1v) is 10.6. The molecule has 1 N–H and O–H groups in total. The second-order valence-corrected chi connectivity index (χ2v) is 8.61. The van der Waals surface area contributed by atoms with Crippen molar-refractivity contribution < 1.29 is 4.79 Å². The number of aromatic nitrogens is 4. The number of aryl methyl sites for hydroxylation is 1. The van der Waals surface area contributed by atoms with Crippen molar-refractivity contribution in [3.05, 3.63) is 51.7 Å². The topological polar surface area (TPSA) is 72.7 Å². The Hall–Kier alpha value is -2.19. The summed E-state index contributed by atoms with van der Waals surface area (Å²) in [5, 5.41) is 17.7. The number of amides is 1. The van der Waals surface area contributed by atoms with E-state index in [1.54, 1.807) is 16.0 Å². The third-order valence-electron chi connectivity index (χ3n) is 4.41. The largest absolute Gasteiger partial charge is 0.347 e. The molecule has 1 amide bonds. The fourth-order valence-electron chi connectivity index (χ4n) is 2.76. The number of tetrazole rings is 1. The number of benzene rings is 1. The van der Waals surface area contributed by atoms with E-state index in [0.29, 0.717) is 11.1 Å². The Morgan fingerprint density at radius 3 is 2.78 bits per heavy atom. The molecule has 142 valence electrons. The molecule has 3 aromatic rings. The summed E-state index contributed by atoms with van der Waals surface area (Å²) in [6.45, 7) is 8.32. The molecule has 2 heterocycles. The minimum atomic E-state index is -0.0254. The lowest BCUT2D eigenvalue weighted by molar-refractivity contribution is -0.119. The summed E-state index contributed by atoms with van der Waals surface area (Å²) >= 11 is 3.00. The normalized spacial score (nSPS) is 12.3. The van der Waals surface area contributed by atoms with Gasteiger partial charge in [0.2, 0.25) is 11.1 Å². The van der Waals surface area contributed by atoms with E-state index in [1.807, 2.05) is 30.5 Å². The maximum absolute atomic E-state index is 12.5. The van der Waals surface area contributed by atoms with Gasteiger partial charge in [0.25, 0.3) is 0 Å². The number of nitrogens with zero attached hydrogens (tertiary/aromatic N) is 4. The highest BCUT2D eigenvalue weighted by Gasteiger charge is 2.20. The number of thiophene rings is 1. The summed E-state index contributed by atoms with van der Waals surface area (Å²) in [5.41, 5.74) is 3.22. The van der Waals surface area contributed by atoms with Crippen molar-refractivity contribution in [2.24, 2.45) is 5.92 Å². The van der Waals surface area contributed by atoms with Gasteiger partial charge in [-0.2, -0.15) is 4.68 Å². The molecule has 0 saturated heterocycles. The average Bonchev–Trinajstić information content (AvgIpc) is 3.31. The van der Waals surface area contributed by atoms with E-state index in [1.165, 1.54) is 22.2 Å². The van der Waals surface area contributed by atoms with E-state index < -0.39 is 0 Å². The van der Waals surface area contributed by atoms with Crippen LogP contribution in [-0.4, -0.2) is 31.9 Å². The zero-order valence-corrected chi connectivity index (χ0v) is 17.5. The maximum Gasteiger partial charge on any atom is 0.230 e. The van der Waals surface area contributed by atoms with Gasteiger partial charge in [-0.3, -0.25) is 4.79 Å². The first kappa shape index (κ1) is 19.6. The third-order valence-corrected chi connectivity index (χ3v) is 6.29. The lowest BCUT2D eigenvalue weighted by atomic mass is 10.0. The molecule has 0 saturated carbocycles. The van der Waals surface area contributed by atoms with Gasteiger partial charge in [-0.05, 0) is 58.8 Å². The molecule has 0 aliphatic rings. The van der Waals surface area contributed by atoms with Crippen molar-refractivity contribution in [3.8, 4) is 5.69 Å². The van der Waals surface area contributed by atoms with Crippen LogP contribution in [0.5, 0.6) is 0 Å². The first-order chi connectivity index (χ1) is 13.0. The van der Waals surface area contributed by atoms with Crippen LogP contribution in [0.25, 0.3) is 5.69 Å². The number of nitrogens with one attached hydrogen (secondary N) is 1. The lowest BCUT2D eigenvalue weighted by Gasteiger charge is -2.21. The molecule has 27 heavy (non-hydrogen) atoms. The second kappa shape index (κ2) is 8.67. The molecule has 8 heteroatoms. The molecule has 0 spiro atoms. The molecule has 2 aromatic heterocycles. The van der Waals surface area contributed by atoms with Crippen LogP contribution in [0.1, 0.15) is 35.9 Å². The van der Waals surface area contributed by atoms with E-state index in [4.69, 9.17) is 0 Å². The predicted octanol–water partition coefficient (Wildman–Crippen LogP) is 3.95. The van der Waals surface area contributed by atoms with Crippen LogP contribution in [0.4, 0.5) is 0 Å². The number of rotatable bonds is 7. The van der Waals surface area contributed by atoms with Crippen molar-refractivity contribution in [1.29, 1.82) is 0 Å². The third kappa shape index (κ3) is 4.56. The number of carbonyl (C=O) groups excluding carboxylic acids is 1. The molecule has 0 bridgehead atoms. The van der Waals surface area contributed by atoms with Gasteiger partial charge in [0.05, 0.1) is 17.5 Å². The van der Waals surface area contributed by atoms with Gasteiger partial charge in [-0.15, -0.1) is 16.4 Å². The highest BCUT2D eigenvalue weighted by molar-refractivity contribution is 7.99. The SMILES string of the molecule is Cc1cccc(-n2nnnc2SCC(=O)NC(c2cccs2)C(C)C)c1C. The Labute approximate surface area is 167 Å². The smallest absolute Gasteiger partial charge is 0.230 e. The summed E-state index contributed by atoms with van der Waals surface area (Å²) < 4.78 is 1.69. The molecular formula is C19H23N5OS2. The molecular weight excluding hydrogens is 378 g/mol. The van der Waals surface area contributed by atoms with Crippen LogP contribution in [0.2, 0.25) is 0 Å². The number of hydrogen-bond donors (Lipinski definition) is 1. The number of hydrogen-bond acceptors (Lipinski definition) is 6. The monoisotopic (exact) mass is 401 g/mol. The van der Waals surface area contributed by atoms with Gasteiger partial charge in [-0.1, -0.05) is 43.8 Å². The van der Waals surface area contributed by atoms with Crippen LogP contribution in [0, 0.1) is 19.8 Å². The summed E-state index contributed by atoms with van der Waals surface area (Å²) in [5.74, 6) is 0.556. The molecule has 0 aliphatic carbocycles. The van der Waals surface area contributed by atoms with E-state index in [-0.39, 0.29) is 17.7 Å². The van der Waals surface area contributed by atoms with Crippen LogP contribution in [-0.2, 0) is 4.79 Å². The van der Waals surface area contributed by atoms with Crippen molar-refractivity contribution in [2.75, 3.05) is 5.75 Å². The van der Waals surface area contributed by atoms with Crippen LogP contribution < -0.4 is 5.32 Å². The Morgan fingerprint density at radius 1 is 1.26 bits per heavy atom. The standard InChI is InChI=1S/C19H23N5OS2/c1-12(2)18(16-9-6-10-26-16)20-17(25)11-27-19-21-22-23-24(19)15-8-5-7-13(3)14(15)4/h5-10,12,18H,11H2,1-4H3,(H,20,25). The highest BCUT2D eigenvalue weighted by Crippen LogP contribution is 2.26. The Morgan fingerprint density at radius 2 is 2.07 bits per heavy atom. The average molecular weight is 402 g/mol. The maximum atomic E-state index is 12.5. The van der Waals surface area contributed by atoms with Crippen molar-refractivity contribution in [1.82, 2.24) is 25.5 Å². The van der Waals surface area contributed by atoms with Crippen LogP contribution in [0.3, 0.4) is 0 Å². The fraction of sp³-hybridized carbons (Fsp3) is 0.368. The van der Waals surface area contributed by atoms with Gasteiger partial charge in [0, 0.05) is 4.88 Å². The molecule has 1 atom stereocenters. The van der Waals surface area contributed by atoms with Crippen molar-refractivity contribution >= 4 is 29.0 Å². The van der Waals surface area contributed by atoms with E-state index >= 15 is 0 Å². The Bertz CT molecular complexity index is 905. The van der Waals surface area contributed by atoms with Gasteiger partial charge < -0.3 is 5.32 Å². The summed E-state index contributed by atoms with van der Waals surface area (Å²) in [4.78, 5) is 13.7. The molecule has 3 rings (SSSR count). The van der Waals surface area contributed by atoms with Crippen LogP contribution >= 0.6 is 23.1 Å². The molecule has 0 aliphatic heterocycles. The fourth-order valence-corrected chi connectivity index (χ4v) is 4.41. The molecule has 0 radical (unpaired) electrons. The zero-order chi connectivity index (χ0) is 19.4. The minimum absolute atomic E-state index is 0.0214. The molecule has 1 unspecified atom stereocenters. The van der Waals surface area contributed by atoms with Crippen molar-refractivity contribution in [3.63, 3.8) is 0 Å². The van der Waals surface area contributed by atoms with Crippen LogP contribution in [0.15, 0.2) is 40.9 Å². The van der Waals surface area contributed by atoms with Gasteiger partial charge in [0.1, 0.15) is 0 Å². The van der Waals surface area contributed by atoms with Gasteiger partial charge >= 0.3 is 0 Å². The number of carbonyl (C=O) groups is 1. The quantitative estimate of drug-likeness (QED) is 0.607. The van der Waals surface area contributed by atoms with E-state index in [9.17, 15) is 4.79 Å². The first-order valence-electron chi connectivity index (χ1n) is 8.78. The molecule has 1 aromatic carbocycles. The van der Waals surface area contributed by atoms with Gasteiger partial charge in [0.15, 0.2) is 0 Å². The summed E-state index contributed by atoms with van der Waals surface area (Å²) in [7, 11) is 0. The summed E-state index contributed by atoms with van der Waals surface area (Å²) in [6.07, 6.45) is 0. The lowest BCUT2D eigenvalue weighted by Crippen LogP contribution is -2.32. The predicted molar refractivity (Wildman–Crippen MR) is 109 cm³/mol.